The van der Waals surface area contributed by atoms with Gasteiger partial charge >= 0.3 is 0 Å². The predicted molar refractivity (Wildman–Crippen MR) is 91.3 cm³/mol. The van der Waals surface area contributed by atoms with E-state index < -0.39 is 12.0 Å². The second-order valence-electron chi connectivity index (χ2n) is 5.39. The van der Waals surface area contributed by atoms with Gasteiger partial charge in [0, 0.05) is 5.75 Å². The first-order valence-electron chi connectivity index (χ1n) is 7.26. The Labute approximate surface area is 135 Å². The highest BCUT2D eigenvalue weighted by Gasteiger charge is 2.37. The molecule has 1 N–H and O–H groups in total. The number of carbonyl (C=O) groups excluding carboxylic acids is 1. The number of thiocarbonyl (C=S) groups is 1. The van der Waals surface area contributed by atoms with Crippen LogP contribution in [-0.2, 0) is 11.2 Å². The molecule has 1 amide bonds. The number of nitrogens with zero attached hydrogens (tertiary/aromatic N) is 1. The number of benzene rings is 1. The quantitative estimate of drug-likeness (QED) is 0.846. The third-order valence-electron chi connectivity index (χ3n) is 3.90. The van der Waals surface area contributed by atoms with Crippen molar-refractivity contribution in [1.29, 1.82) is 0 Å². The number of aliphatic hydroxyl groups excluding tert-OH is 1. The smallest absolute Gasteiger partial charge is 0.233 e. The van der Waals surface area contributed by atoms with E-state index in [1.54, 1.807) is 23.6 Å². The molecule has 21 heavy (non-hydrogen) atoms. The Morgan fingerprint density at radius 1 is 1.48 bits per heavy atom. The maximum atomic E-state index is 12.6. The minimum atomic E-state index is -0.608. The van der Waals surface area contributed by atoms with Gasteiger partial charge in [-0.2, -0.15) is 0 Å². The topological polar surface area (TPSA) is 40.5 Å². The number of carbonyl (C=O) groups is 1. The molecule has 1 saturated heterocycles. The number of hydrogen-bond donors (Lipinski definition) is 1. The largest absolute Gasteiger partial charge is 0.392 e. The maximum absolute atomic E-state index is 12.6. The first-order chi connectivity index (χ1) is 10.0. The maximum Gasteiger partial charge on any atom is 0.233 e. The van der Waals surface area contributed by atoms with E-state index in [0.29, 0.717) is 10.7 Å². The number of aliphatic hydroxyl groups is 1. The molecule has 3 atom stereocenters. The summed E-state index contributed by atoms with van der Waals surface area (Å²) >= 11 is 6.89. The van der Waals surface area contributed by atoms with Crippen LogP contribution >= 0.6 is 24.0 Å². The summed E-state index contributed by atoms with van der Waals surface area (Å²) in [4.78, 5) is 14.3. The van der Waals surface area contributed by atoms with E-state index in [4.69, 9.17) is 12.2 Å². The van der Waals surface area contributed by atoms with E-state index >= 15 is 0 Å². The monoisotopic (exact) mass is 323 g/mol. The van der Waals surface area contributed by atoms with Crippen molar-refractivity contribution in [3.05, 3.63) is 35.9 Å². The molecule has 3 unspecified atom stereocenters. The van der Waals surface area contributed by atoms with Crippen LogP contribution in [0, 0.1) is 5.92 Å². The molecule has 1 aliphatic rings. The van der Waals surface area contributed by atoms with Gasteiger partial charge in [-0.1, -0.05) is 68.2 Å². The van der Waals surface area contributed by atoms with Gasteiger partial charge in [-0.05, 0) is 18.4 Å². The van der Waals surface area contributed by atoms with E-state index in [2.05, 4.69) is 12.1 Å². The van der Waals surface area contributed by atoms with Crippen molar-refractivity contribution in [2.45, 2.75) is 38.8 Å². The van der Waals surface area contributed by atoms with Gasteiger partial charge in [0.05, 0.1) is 18.1 Å². The summed E-state index contributed by atoms with van der Waals surface area (Å²) < 4.78 is 0.635. The summed E-state index contributed by atoms with van der Waals surface area (Å²) in [5.74, 6) is 0.360. The number of rotatable bonds is 5. The van der Waals surface area contributed by atoms with Crippen molar-refractivity contribution < 1.29 is 9.90 Å². The number of amides is 1. The first-order valence-corrected chi connectivity index (χ1v) is 8.65. The van der Waals surface area contributed by atoms with Gasteiger partial charge in [-0.25, -0.2) is 0 Å². The third kappa shape index (κ3) is 3.84. The summed E-state index contributed by atoms with van der Waals surface area (Å²) in [5.41, 5.74) is 1.20. The highest BCUT2D eigenvalue weighted by Crippen LogP contribution is 2.29. The molecule has 0 aliphatic carbocycles. The van der Waals surface area contributed by atoms with Crippen molar-refractivity contribution in [1.82, 2.24) is 4.90 Å². The molecule has 0 bridgehead atoms. The first kappa shape index (κ1) is 16.5. The Balaban J connectivity index is 2.11. The SMILES string of the molecule is CCC(O)C(C)C(=O)N1C(=S)SCC1Cc1ccccc1. The fraction of sp³-hybridized carbons (Fsp3) is 0.500. The molecule has 0 aromatic heterocycles. The van der Waals surface area contributed by atoms with Crippen molar-refractivity contribution in [2.24, 2.45) is 5.92 Å². The highest BCUT2D eigenvalue weighted by molar-refractivity contribution is 8.23. The van der Waals surface area contributed by atoms with Crippen LogP contribution in [0.3, 0.4) is 0 Å². The van der Waals surface area contributed by atoms with E-state index in [9.17, 15) is 9.90 Å². The zero-order valence-corrected chi connectivity index (χ0v) is 14.0. The van der Waals surface area contributed by atoms with Gasteiger partial charge < -0.3 is 5.11 Å². The lowest BCUT2D eigenvalue weighted by molar-refractivity contribution is -0.135. The Hall–Kier alpha value is -0.910. The Morgan fingerprint density at radius 3 is 2.76 bits per heavy atom. The van der Waals surface area contributed by atoms with E-state index in [-0.39, 0.29) is 11.9 Å². The zero-order valence-electron chi connectivity index (χ0n) is 12.4. The molecule has 1 heterocycles. The van der Waals surface area contributed by atoms with E-state index in [1.807, 2.05) is 25.1 Å². The lowest BCUT2D eigenvalue weighted by Crippen LogP contribution is -2.45. The molecule has 5 heteroatoms. The van der Waals surface area contributed by atoms with Crippen LogP contribution in [0.15, 0.2) is 30.3 Å². The minimum absolute atomic E-state index is 0.0553. The molecule has 1 aliphatic heterocycles. The van der Waals surface area contributed by atoms with Gasteiger partial charge in [0.1, 0.15) is 4.32 Å². The van der Waals surface area contributed by atoms with E-state index in [1.165, 1.54) is 5.56 Å². The zero-order chi connectivity index (χ0) is 15.4. The Kier molecular flexibility index (Phi) is 5.79. The molecular weight excluding hydrogens is 302 g/mol. The number of hydrogen-bond acceptors (Lipinski definition) is 4. The van der Waals surface area contributed by atoms with Crippen LogP contribution in [0.25, 0.3) is 0 Å². The molecule has 0 spiro atoms. The van der Waals surface area contributed by atoms with Crippen LogP contribution in [-0.4, -0.2) is 38.1 Å². The minimum Gasteiger partial charge on any atom is -0.392 e. The lowest BCUT2D eigenvalue weighted by Gasteiger charge is -2.28. The highest BCUT2D eigenvalue weighted by atomic mass is 32.2. The summed E-state index contributed by atoms with van der Waals surface area (Å²) in [6.07, 6.45) is 0.766. The summed E-state index contributed by atoms with van der Waals surface area (Å²) in [6, 6.07) is 10.2. The molecule has 0 saturated carbocycles. The van der Waals surface area contributed by atoms with Crippen LogP contribution in [0.5, 0.6) is 0 Å². The molecule has 1 aromatic rings. The lowest BCUT2D eigenvalue weighted by atomic mass is 9.99. The third-order valence-corrected chi connectivity index (χ3v) is 5.44. The van der Waals surface area contributed by atoms with Gasteiger partial charge in [0.2, 0.25) is 5.91 Å². The normalized spacial score (nSPS) is 21.4. The van der Waals surface area contributed by atoms with Crippen LogP contribution in [0.2, 0.25) is 0 Å². The molecule has 1 aromatic carbocycles. The fourth-order valence-electron chi connectivity index (χ4n) is 2.50. The van der Waals surface area contributed by atoms with Gasteiger partial charge in [0.15, 0.2) is 0 Å². The molecule has 3 nitrogen and oxygen atoms in total. The molecule has 2 rings (SSSR count). The second-order valence-corrected chi connectivity index (χ2v) is 7.05. The second kappa shape index (κ2) is 7.38. The Morgan fingerprint density at radius 2 is 2.14 bits per heavy atom. The summed E-state index contributed by atoms with van der Waals surface area (Å²) in [6.45, 7) is 3.66. The van der Waals surface area contributed by atoms with Crippen molar-refractivity contribution >= 4 is 34.2 Å². The van der Waals surface area contributed by atoms with Crippen molar-refractivity contribution in [3.8, 4) is 0 Å². The van der Waals surface area contributed by atoms with Crippen LogP contribution < -0.4 is 0 Å². The molecule has 114 valence electrons. The standard InChI is InChI=1S/C16H21NO2S2/c1-3-14(18)11(2)15(19)17-13(10-21-16(17)20)9-12-7-5-4-6-8-12/h4-8,11,13-14,18H,3,9-10H2,1-2H3. The van der Waals surface area contributed by atoms with Crippen molar-refractivity contribution in [3.63, 3.8) is 0 Å². The predicted octanol–water partition coefficient (Wildman–Crippen LogP) is 2.87. The fourth-order valence-corrected chi connectivity index (χ4v) is 3.93. The Bertz CT molecular complexity index is 506. The molecule has 1 fully saturated rings. The van der Waals surface area contributed by atoms with Crippen LogP contribution in [0.4, 0.5) is 0 Å². The summed E-state index contributed by atoms with van der Waals surface area (Å²) in [5, 5.41) is 9.92. The van der Waals surface area contributed by atoms with Gasteiger partial charge in [-0.3, -0.25) is 9.69 Å². The average Bonchev–Trinajstić information content (AvgIpc) is 2.86. The van der Waals surface area contributed by atoms with Gasteiger partial charge in [0.25, 0.3) is 0 Å². The molecule has 0 radical (unpaired) electrons. The average molecular weight is 323 g/mol. The molecular formula is C16H21NO2S2. The van der Waals surface area contributed by atoms with Gasteiger partial charge in [-0.15, -0.1) is 0 Å². The number of thioether (sulfide) groups is 1. The van der Waals surface area contributed by atoms with E-state index in [0.717, 1.165) is 12.2 Å². The van der Waals surface area contributed by atoms with Crippen molar-refractivity contribution in [2.75, 3.05) is 5.75 Å². The summed E-state index contributed by atoms with van der Waals surface area (Å²) in [7, 11) is 0. The van der Waals surface area contributed by atoms with Crippen LogP contribution in [0.1, 0.15) is 25.8 Å².